The minimum Gasteiger partial charge on any atom is -0.219 e. The first kappa shape index (κ1) is 26.6. The Balaban J connectivity index is 1.49. The van der Waals surface area contributed by atoms with E-state index >= 15 is 0 Å². The molecule has 0 saturated carbocycles. The molecule has 0 saturated heterocycles. The third kappa shape index (κ3) is 5.38. The quantitative estimate of drug-likeness (QED) is 0.221. The van der Waals surface area contributed by atoms with Gasteiger partial charge in [0.15, 0.2) is 11.6 Å². The van der Waals surface area contributed by atoms with Crippen LogP contribution in [0, 0.1) is 39.0 Å². The summed E-state index contributed by atoms with van der Waals surface area (Å²) < 4.78 is 0. The predicted molar refractivity (Wildman–Crippen MR) is 164 cm³/mol. The summed E-state index contributed by atoms with van der Waals surface area (Å²) >= 11 is 0. The van der Waals surface area contributed by atoms with E-state index in [1.54, 1.807) is 0 Å². The van der Waals surface area contributed by atoms with Crippen molar-refractivity contribution in [2.24, 2.45) is 0 Å². The summed E-state index contributed by atoms with van der Waals surface area (Å²) in [5.41, 5.74) is 8.73. The summed E-state index contributed by atoms with van der Waals surface area (Å²) in [7, 11) is 0. The van der Waals surface area contributed by atoms with Crippen LogP contribution in [0.4, 0.5) is 0 Å². The minimum absolute atomic E-state index is 0.618. The lowest BCUT2D eigenvalue weighted by Gasteiger charge is -2.17. The van der Waals surface area contributed by atoms with Crippen LogP contribution in [0.25, 0.3) is 56.2 Å². The van der Waals surface area contributed by atoms with Crippen molar-refractivity contribution in [2.45, 2.75) is 27.7 Å². The Bertz CT molecular complexity index is 1930. The highest BCUT2D eigenvalue weighted by Gasteiger charge is 2.16. The van der Waals surface area contributed by atoms with Crippen molar-refractivity contribution in [3.8, 4) is 62.2 Å². The summed E-state index contributed by atoms with van der Waals surface area (Å²) in [6.07, 6.45) is 0. The molecular weight excluding hydrogens is 518 g/mol. The molecule has 0 amide bonds. The Morgan fingerprint density at radius 3 is 1.38 bits per heavy atom. The lowest BCUT2D eigenvalue weighted by Crippen LogP contribution is -1.99. The Labute approximate surface area is 244 Å². The maximum absolute atomic E-state index is 9.58. The van der Waals surface area contributed by atoms with E-state index in [1.165, 1.54) is 0 Å². The van der Waals surface area contributed by atoms with E-state index in [0.717, 1.165) is 44.5 Å². The van der Waals surface area contributed by atoms with Gasteiger partial charge in [-0.3, -0.25) is 0 Å². The number of nitrogens with zero attached hydrogens (tertiary/aromatic N) is 7. The molecule has 7 heteroatoms. The van der Waals surface area contributed by atoms with Crippen LogP contribution in [0.1, 0.15) is 28.9 Å². The number of aromatic nitrogens is 6. The zero-order valence-electron chi connectivity index (χ0n) is 23.8. The molecule has 6 aromatic rings. The lowest BCUT2D eigenvalue weighted by molar-refractivity contribution is 0.928. The van der Waals surface area contributed by atoms with Gasteiger partial charge in [-0.15, -0.1) is 0 Å². The number of aryl methyl sites for hydroxylation is 4. The van der Waals surface area contributed by atoms with Gasteiger partial charge in [-0.05, 0) is 73.2 Å². The fourth-order valence-electron chi connectivity index (χ4n) is 5.18. The predicted octanol–water partition coefficient (Wildman–Crippen LogP) is 7.50. The minimum atomic E-state index is 0.618. The van der Waals surface area contributed by atoms with Gasteiger partial charge in [0.2, 0.25) is 0 Å². The lowest BCUT2D eigenvalue weighted by atomic mass is 9.87. The highest BCUT2D eigenvalue weighted by atomic mass is 15.0. The summed E-state index contributed by atoms with van der Waals surface area (Å²) in [6.45, 7) is 7.50. The SMILES string of the molecule is Cc1nc(C)nc(-c2ccc(-c3cccc(-c4cccc(C#N)c4)c3-c3ccc(-c4nc(C)nc(C)n4)cc3)cc2)n1. The third-order valence-electron chi connectivity index (χ3n) is 6.97. The fraction of sp³-hybridized carbons (Fsp3) is 0.114. The maximum atomic E-state index is 9.58. The molecule has 0 N–H and O–H groups in total. The molecule has 0 radical (unpaired) electrons. The molecule has 7 nitrogen and oxygen atoms in total. The number of rotatable bonds is 5. The largest absolute Gasteiger partial charge is 0.219 e. The molecule has 4 aromatic carbocycles. The Morgan fingerprint density at radius 1 is 0.452 bits per heavy atom. The van der Waals surface area contributed by atoms with Gasteiger partial charge in [0, 0.05) is 11.1 Å². The normalized spacial score (nSPS) is 10.8. The number of nitriles is 1. The van der Waals surface area contributed by atoms with Crippen molar-refractivity contribution in [3.63, 3.8) is 0 Å². The van der Waals surface area contributed by atoms with Gasteiger partial charge >= 0.3 is 0 Å². The smallest absolute Gasteiger partial charge is 0.163 e. The van der Waals surface area contributed by atoms with E-state index in [0.29, 0.717) is 40.5 Å². The van der Waals surface area contributed by atoms with Gasteiger partial charge in [0.1, 0.15) is 23.3 Å². The maximum Gasteiger partial charge on any atom is 0.163 e. The first-order valence-electron chi connectivity index (χ1n) is 13.6. The highest BCUT2D eigenvalue weighted by molar-refractivity contribution is 5.95. The van der Waals surface area contributed by atoms with E-state index in [1.807, 2.05) is 76.2 Å². The molecule has 42 heavy (non-hydrogen) atoms. The van der Waals surface area contributed by atoms with Crippen LogP contribution < -0.4 is 0 Å². The van der Waals surface area contributed by atoms with Crippen LogP contribution in [0.15, 0.2) is 91.0 Å². The second-order valence-electron chi connectivity index (χ2n) is 10.1. The van der Waals surface area contributed by atoms with Gasteiger partial charge in [-0.2, -0.15) is 5.26 Å². The van der Waals surface area contributed by atoms with Crippen molar-refractivity contribution < 1.29 is 0 Å². The van der Waals surface area contributed by atoms with Crippen LogP contribution >= 0.6 is 0 Å². The number of benzene rings is 4. The van der Waals surface area contributed by atoms with Crippen LogP contribution in [0.3, 0.4) is 0 Å². The molecule has 0 aliphatic rings. The van der Waals surface area contributed by atoms with Crippen molar-refractivity contribution >= 4 is 0 Å². The molecule has 6 rings (SSSR count). The van der Waals surface area contributed by atoms with Crippen LogP contribution in [0.2, 0.25) is 0 Å². The molecule has 0 spiro atoms. The van der Waals surface area contributed by atoms with Crippen LogP contribution in [-0.2, 0) is 0 Å². The van der Waals surface area contributed by atoms with Crippen molar-refractivity contribution in [2.75, 3.05) is 0 Å². The van der Waals surface area contributed by atoms with Crippen LogP contribution in [0.5, 0.6) is 0 Å². The molecule has 0 aliphatic heterocycles. The second-order valence-corrected chi connectivity index (χ2v) is 10.1. The van der Waals surface area contributed by atoms with E-state index in [4.69, 9.17) is 0 Å². The number of hydrogen-bond donors (Lipinski definition) is 0. The molecule has 2 heterocycles. The molecule has 0 atom stereocenters. The van der Waals surface area contributed by atoms with Crippen molar-refractivity contribution in [1.82, 2.24) is 29.9 Å². The van der Waals surface area contributed by atoms with E-state index < -0.39 is 0 Å². The average Bonchev–Trinajstić information content (AvgIpc) is 3.00. The zero-order valence-corrected chi connectivity index (χ0v) is 23.8. The first-order chi connectivity index (χ1) is 20.4. The monoisotopic (exact) mass is 545 g/mol. The molecule has 202 valence electrons. The average molecular weight is 546 g/mol. The summed E-state index contributed by atoms with van der Waals surface area (Å²) in [4.78, 5) is 26.7. The Kier molecular flexibility index (Phi) is 7.03. The molecule has 0 bridgehead atoms. The number of hydrogen-bond acceptors (Lipinski definition) is 7. The highest BCUT2D eigenvalue weighted by Crippen LogP contribution is 2.41. The standard InChI is InChI=1S/C35H27N7/c1-21-37-22(2)40-34(39-21)28-15-11-26(12-16-28)31-9-6-10-32(30-8-5-7-25(19-30)20-36)33(31)27-13-17-29(18-14-27)35-41-23(3)38-24(4)42-35/h5-19H,1-4H3. The van der Waals surface area contributed by atoms with Gasteiger partial charge in [-0.25, -0.2) is 29.9 Å². The Morgan fingerprint density at radius 2 is 0.881 bits per heavy atom. The molecule has 2 aromatic heterocycles. The summed E-state index contributed by atoms with van der Waals surface area (Å²) in [6, 6.07) is 32.9. The van der Waals surface area contributed by atoms with Crippen LogP contribution in [-0.4, -0.2) is 29.9 Å². The third-order valence-corrected chi connectivity index (χ3v) is 6.97. The van der Waals surface area contributed by atoms with Gasteiger partial charge in [-0.1, -0.05) is 78.9 Å². The van der Waals surface area contributed by atoms with Gasteiger partial charge in [0.25, 0.3) is 0 Å². The molecular formula is C35H27N7. The molecule has 0 unspecified atom stereocenters. The summed E-state index contributed by atoms with van der Waals surface area (Å²) in [5.74, 6) is 4.09. The van der Waals surface area contributed by atoms with Gasteiger partial charge < -0.3 is 0 Å². The topological polar surface area (TPSA) is 101 Å². The van der Waals surface area contributed by atoms with Crippen molar-refractivity contribution in [1.29, 1.82) is 5.26 Å². The van der Waals surface area contributed by atoms with E-state index in [2.05, 4.69) is 78.4 Å². The Hall–Kier alpha value is -5.61. The molecule has 0 aliphatic carbocycles. The summed E-state index contributed by atoms with van der Waals surface area (Å²) in [5, 5.41) is 9.58. The van der Waals surface area contributed by atoms with Gasteiger partial charge in [0.05, 0.1) is 11.6 Å². The van der Waals surface area contributed by atoms with Crippen molar-refractivity contribution in [3.05, 3.63) is 120 Å². The zero-order chi connectivity index (χ0) is 29.2. The molecule has 0 fully saturated rings. The fourth-order valence-corrected chi connectivity index (χ4v) is 5.18. The first-order valence-corrected chi connectivity index (χ1v) is 13.6. The van der Waals surface area contributed by atoms with E-state index in [9.17, 15) is 5.26 Å². The van der Waals surface area contributed by atoms with E-state index in [-0.39, 0.29) is 0 Å². The second kappa shape index (κ2) is 11.1.